The van der Waals surface area contributed by atoms with Gasteiger partial charge in [-0.15, -0.1) is 11.3 Å². The lowest BCUT2D eigenvalue weighted by atomic mass is 9.99. The zero-order valence-corrected chi connectivity index (χ0v) is 16.8. The number of anilines is 1. The molecule has 1 saturated carbocycles. The number of rotatable bonds is 3. The van der Waals surface area contributed by atoms with E-state index in [9.17, 15) is 30.7 Å². The number of halogens is 7. The highest BCUT2D eigenvalue weighted by molar-refractivity contribution is 7.11. The Bertz CT molecular complexity index is 1080. The van der Waals surface area contributed by atoms with E-state index in [1.54, 1.807) is 0 Å². The first kappa shape index (κ1) is 22.5. The van der Waals surface area contributed by atoms with Gasteiger partial charge in [-0.1, -0.05) is 0 Å². The fourth-order valence-electron chi connectivity index (χ4n) is 3.48. The summed E-state index contributed by atoms with van der Waals surface area (Å²) in [7, 11) is 0. The molecule has 1 aliphatic heterocycles. The maximum atomic E-state index is 13.8. The number of aromatic nitrogens is 1. The highest BCUT2D eigenvalue weighted by Crippen LogP contribution is 2.44. The van der Waals surface area contributed by atoms with Gasteiger partial charge in [0.05, 0.1) is 0 Å². The van der Waals surface area contributed by atoms with Crippen LogP contribution in [0.5, 0.6) is 0 Å². The average molecular weight is 480 g/mol. The van der Waals surface area contributed by atoms with Gasteiger partial charge in [0.1, 0.15) is 11.6 Å². The molecule has 1 aromatic heterocycles. The predicted molar refractivity (Wildman–Crippen MR) is 103 cm³/mol. The third kappa shape index (κ3) is 4.70. The zero-order valence-electron chi connectivity index (χ0n) is 16.0. The molecule has 2 unspecified atom stereocenters. The Kier molecular flexibility index (Phi) is 5.40. The largest absolute Gasteiger partial charge is 0.434 e. The van der Waals surface area contributed by atoms with E-state index in [1.807, 2.05) is 0 Å². The molecule has 0 spiro atoms. The molecule has 4 rings (SSSR count). The second-order valence-corrected chi connectivity index (χ2v) is 8.30. The van der Waals surface area contributed by atoms with E-state index in [2.05, 4.69) is 25.6 Å². The molecule has 2 aromatic rings. The first-order chi connectivity index (χ1) is 14.8. The minimum atomic E-state index is -4.70. The molecule has 0 amide bonds. The first-order valence-corrected chi connectivity index (χ1v) is 10.1. The Hall–Kier alpha value is -2.74. The summed E-state index contributed by atoms with van der Waals surface area (Å²) in [5.41, 5.74) is 4.97. The molecule has 6 nitrogen and oxygen atoms in total. The van der Waals surface area contributed by atoms with Crippen LogP contribution in [0.2, 0.25) is 0 Å². The van der Waals surface area contributed by atoms with Gasteiger partial charge in [0.2, 0.25) is 17.7 Å². The van der Waals surface area contributed by atoms with Crippen LogP contribution in [0.4, 0.5) is 36.4 Å². The van der Waals surface area contributed by atoms with Gasteiger partial charge in [0, 0.05) is 35.9 Å². The van der Waals surface area contributed by atoms with Crippen molar-refractivity contribution in [2.45, 2.75) is 37.1 Å². The summed E-state index contributed by atoms with van der Waals surface area (Å²) >= 11 is 0.608. The number of hydrogen-bond acceptors (Lipinski definition) is 7. The van der Waals surface area contributed by atoms with Crippen LogP contribution in [0.1, 0.15) is 30.0 Å². The van der Waals surface area contributed by atoms with E-state index < -0.39 is 54.0 Å². The Morgan fingerprint density at radius 1 is 1.12 bits per heavy atom. The van der Waals surface area contributed by atoms with Gasteiger partial charge < -0.3 is 10.6 Å². The van der Waals surface area contributed by atoms with Gasteiger partial charge in [-0.25, -0.2) is 32.5 Å². The zero-order chi connectivity index (χ0) is 23.3. The van der Waals surface area contributed by atoms with Crippen LogP contribution in [0, 0.1) is 17.6 Å². The first-order valence-electron chi connectivity index (χ1n) is 9.23. The number of aliphatic imine (C=N–C) groups is 2. The van der Waals surface area contributed by atoms with Crippen molar-refractivity contribution in [3.8, 4) is 0 Å². The monoisotopic (exact) mass is 480 g/mol. The number of benzene rings is 1. The summed E-state index contributed by atoms with van der Waals surface area (Å²) in [6.07, 6.45) is -5.81. The van der Waals surface area contributed by atoms with Crippen LogP contribution in [0.3, 0.4) is 0 Å². The van der Waals surface area contributed by atoms with Crippen molar-refractivity contribution in [1.29, 1.82) is 0 Å². The minimum absolute atomic E-state index is 0.0304. The lowest BCUT2D eigenvalue weighted by molar-refractivity contribution is -0.140. The van der Waals surface area contributed by atoms with Crippen LogP contribution in [0.15, 0.2) is 33.6 Å². The standard InChI is InChI=1S/C18H15F7N6S/c19-9-3-10(20)5-11(4-9)27-15-29-13(14-28-12(7-32-14)17(23,24)25)30-18(26,31-15)8-1-2-16(21,22)6-8/h3-5,7-8H,1-2,6,26H2,(H2,27,29,30,31). The third-order valence-corrected chi connectivity index (χ3v) is 5.79. The lowest BCUT2D eigenvalue weighted by Gasteiger charge is -2.32. The second kappa shape index (κ2) is 7.69. The SMILES string of the molecule is NC1(C2CCC(F)(F)C2)N=C(Nc2cc(F)cc(F)c2)NC(c2nc(C(F)(F)F)cs2)=N1. The van der Waals surface area contributed by atoms with Gasteiger partial charge >= 0.3 is 6.18 Å². The maximum Gasteiger partial charge on any atom is 0.434 e. The normalized spacial score (nSPS) is 25.2. The fraction of sp³-hybridized carbons (Fsp3) is 0.389. The van der Waals surface area contributed by atoms with Crippen molar-refractivity contribution in [3.63, 3.8) is 0 Å². The molecule has 0 bridgehead atoms. The molecular weight excluding hydrogens is 465 g/mol. The summed E-state index contributed by atoms with van der Waals surface area (Å²) in [5.74, 6) is -8.16. The van der Waals surface area contributed by atoms with Gasteiger partial charge in [-0.05, 0) is 18.6 Å². The summed E-state index contributed by atoms with van der Waals surface area (Å²) < 4.78 is 93.6. The van der Waals surface area contributed by atoms with Crippen molar-refractivity contribution in [2.75, 3.05) is 5.32 Å². The molecule has 0 radical (unpaired) electrons. The molecule has 2 atom stereocenters. The Labute approximate surface area is 180 Å². The molecule has 1 aromatic carbocycles. The van der Waals surface area contributed by atoms with Crippen molar-refractivity contribution in [3.05, 3.63) is 45.9 Å². The summed E-state index contributed by atoms with van der Waals surface area (Å²) in [4.78, 5) is 11.7. The Morgan fingerprint density at radius 2 is 1.81 bits per heavy atom. The van der Waals surface area contributed by atoms with E-state index in [0.29, 0.717) is 17.4 Å². The Morgan fingerprint density at radius 3 is 2.38 bits per heavy atom. The van der Waals surface area contributed by atoms with Gasteiger partial charge in [-0.3, -0.25) is 5.73 Å². The molecule has 0 saturated heterocycles. The van der Waals surface area contributed by atoms with E-state index in [4.69, 9.17) is 5.73 Å². The number of alkyl halides is 5. The van der Waals surface area contributed by atoms with Crippen LogP contribution in [-0.2, 0) is 6.18 Å². The molecule has 14 heteroatoms. The number of hydrogen-bond donors (Lipinski definition) is 3. The predicted octanol–water partition coefficient (Wildman–Crippen LogP) is 4.31. The van der Waals surface area contributed by atoms with Gasteiger partial charge in [-0.2, -0.15) is 13.2 Å². The number of amidine groups is 1. The van der Waals surface area contributed by atoms with E-state index in [0.717, 1.165) is 17.5 Å². The van der Waals surface area contributed by atoms with Gasteiger partial charge in [0.25, 0.3) is 0 Å². The van der Waals surface area contributed by atoms with Crippen LogP contribution >= 0.6 is 11.3 Å². The number of thiazole rings is 1. The molecule has 2 heterocycles. The number of nitrogens with zero attached hydrogens (tertiary/aromatic N) is 3. The summed E-state index contributed by atoms with van der Waals surface area (Å²) in [6, 6.07) is 2.51. The average Bonchev–Trinajstić information content (AvgIpc) is 3.27. The molecule has 32 heavy (non-hydrogen) atoms. The van der Waals surface area contributed by atoms with Crippen LogP contribution in [0.25, 0.3) is 0 Å². The topological polar surface area (TPSA) is 87.7 Å². The fourth-order valence-corrected chi connectivity index (χ4v) is 4.25. The molecular formula is C18H15F7N6S. The number of nitrogens with two attached hydrogens (primary N) is 1. The van der Waals surface area contributed by atoms with Gasteiger partial charge in [0.15, 0.2) is 16.5 Å². The second-order valence-electron chi connectivity index (χ2n) is 7.44. The van der Waals surface area contributed by atoms with Crippen LogP contribution < -0.4 is 16.4 Å². The molecule has 2 aliphatic rings. The quantitative estimate of drug-likeness (QED) is 0.572. The lowest BCUT2D eigenvalue weighted by Crippen LogP contribution is -2.53. The van der Waals surface area contributed by atoms with Crippen molar-refractivity contribution in [2.24, 2.45) is 21.6 Å². The number of nitrogens with one attached hydrogen (secondary N) is 2. The molecule has 1 fully saturated rings. The maximum absolute atomic E-state index is 13.8. The number of guanidine groups is 1. The third-order valence-electron chi connectivity index (χ3n) is 4.95. The van der Waals surface area contributed by atoms with Crippen molar-refractivity contribution in [1.82, 2.24) is 10.3 Å². The van der Waals surface area contributed by atoms with E-state index in [1.165, 1.54) is 0 Å². The minimum Gasteiger partial charge on any atom is -0.326 e. The molecule has 172 valence electrons. The molecule has 4 N–H and O–H groups in total. The highest BCUT2D eigenvalue weighted by atomic mass is 32.1. The van der Waals surface area contributed by atoms with E-state index in [-0.39, 0.29) is 28.9 Å². The molecule has 1 aliphatic carbocycles. The smallest absolute Gasteiger partial charge is 0.326 e. The van der Waals surface area contributed by atoms with Crippen molar-refractivity contribution < 1.29 is 30.7 Å². The van der Waals surface area contributed by atoms with Crippen molar-refractivity contribution >= 4 is 28.8 Å². The summed E-state index contributed by atoms with van der Waals surface area (Å²) in [5, 5.41) is 5.70. The summed E-state index contributed by atoms with van der Waals surface area (Å²) in [6.45, 7) is 0. The van der Waals surface area contributed by atoms with E-state index >= 15 is 0 Å². The van der Waals surface area contributed by atoms with Crippen LogP contribution in [-0.4, -0.2) is 28.5 Å². The highest BCUT2D eigenvalue weighted by Gasteiger charge is 2.49. The Balaban J connectivity index is 1.71.